The average molecular weight is 228 g/mol. The second-order valence-corrected chi connectivity index (χ2v) is 5.79. The van der Waals surface area contributed by atoms with Crippen molar-refractivity contribution in [2.45, 2.75) is 39.2 Å². The molecule has 96 valence electrons. The first-order chi connectivity index (χ1) is 7.45. The third kappa shape index (κ3) is 4.04. The summed E-state index contributed by atoms with van der Waals surface area (Å²) in [5.41, 5.74) is -0.546. The fraction of sp³-hybridized carbons (Fsp3) is 1.00. The fourth-order valence-corrected chi connectivity index (χ4v) is 2.27. The Bertz CT molecular complexity index is 196. The normalized spacial score (nSPS) is 23.6. The van der Waals surface area contributed by atoms with E-state index in [2.05, 4.69) is 24.1 Å². The van der Waals surface area contributed by atoms with Gasteiger partial charge in [0.1, 0.15) is 0 Å². The van der Waals surface area contributed by atoms with Gasteiger partial charge in [0.15, 0.2) is 0 Å². The highest BCUT2D eigenvalue weighted by Gasteiger charge is 2.29. The first-order valence-corrected chi connectivity index (χ1v) is 6.55. The number of aliphatic hydroxyl groups is 1. The lowest BCUT2D eigenvalue weighted by Crippen LogP contribution is -2.47. The van der Waals surface area contributed by atoms with Crippen molar-refractivity contribution in [1.29, 1.82) is 0 Å². The van der Waals surface area contributed by atoms with Gasteiger partial charge in [0.05, 0.1) is 5.60 Å². The van der Waals surface area contributed by atoms with Gasteiger partial charge in [-0.25, -0.2) is 0 Å². The maximum absolute atomic E-state index is 10.3. The molecule has 1 atom stereocenters. The van der Waals surface area contributed by atoms with E-state index >= 15 is 0 Å². The van der Waals surface area contributed by atoms with Crippen LogP contribution in [0.15, 0.2) is 0 Å². The van der Waals surface area contributed by atoms with E-state index in [-0.39, 0.29) is 0 Å². The Morgan fingerprint density at radius 2 is 1.94 bits per heavy atom. The Hall–Kier alpha value is -0.120. The molecule has 0 aliphatic carbocycles. The van der Waals surface area contributed by atoms with E-state index in [4.69, 9.17) is 0 Å². The monoisotopic (exact) mass is 228 g/mol. The number of likely N-dealkylation sites (tertiary alicyclic amines) is 1. The van der Waals surface area contributed by atoms with Gasteiger partial charge in [-0.3, -0.25) is 0 Å². The predicted octanol–water partition coefficient (Wildman–Crippen LogP) is 1.32. The third-order valence-electron chi connectivity index (χ3n) is 3.99. The minimum Gasteiger partial charge on any atom is -0.389 e. The third-order valence-corrected chi connectivity index (χ3v) is 3.99. The van der Waals surface area contributed by atoms with Gasteiger partial charge in [0.2, 0.25) is 0 Å². The molecule has 0 radical (unpaired) electrons. The molecule has 3 nitrogen and oxygen atoms in total. The zero-order valence-electron chi connectivity index (χ0n) is 11.3. The van der Waals surface area contributed by atoms with E-state index in [0.717, 1.165) is 32.1 Å². The highest BCUT2D eigenvalue weighted by Crippen LogP contribution is 2.22. The van der Waals surface area contributed by atoms with E-state index in [0.29, 0.717) is 5.92 Å². The van der Waals surface area contributed by atoms with Crippen LogP contribution >= 0.6 is 0 Å². The first-order valence-electron chi connectivity index (χ1n) is 6.55. The number of hydrogen-bond donors (Lipinski definition) is 2. The number of nitrogens with one attached hydrogen (secondary N) is 1. The highest BCUT2D eigenvalue weighted by atomic mass is 16.3. The van der Waals surface area contributed by atoms with Crippen molar-refractivity contribution in [3.63, 3.8) is 0 Å². The quantitative estimate of drug-likeness (QED) is 0.745. The van der Waals surface area contributed by atoms with Crippen LogP contribution in [0.3, 0.4) is 0 Å². The lowest BCUT2D eigenvalue weighted by Gasteiger charge is -2.38. The van der Waals surface area contributed by atoms with Crippen LogP contribution in [0.1, 0.15) is 33.6 Å². The van der Waals surface area contributed by atoms with Crippen molar-refractivity contribution < 1.29 is 5.11 Å². The van der Waals surface area contributed by atoms with Gasteiger partial charge in [-0.15, -0.1) is 0 Å². The Morgan fingerprint density at radius 1 is 1.38 bits per heavy atom. The first kappa shape index (κ1) is 13.9. The van der Waals surface area contributed by atoms with Gasteiger partial charge in [-0.05, 0) is 58.3 Å². The molecule has 1 saturated heterocycles. The number of hydrogen-bond acceptors (Lipinski definition) is 3. The SMILES string of the molecule is CNCC1CCN(CC(C)(O)C(C)C)CC1. The van der Waals surface area contributed by atoms with Gasteiger partial charge >= 0.3 is 0 Å². The largest absolute Gasteiger partial charge is 0.389 e. The van der Waals surface area contributed by atoms with E-state index < -0.39 is 5.60 Å². The average Bonchev–Trinajstić information content (AvgIpc) is 2.21. The van der Waals surface area contributed by atoms with Crippen molar-refractivity contribution in [3.05, 3.63) is 0 Å². The van der Waals surface area contributed by atoms with Crippen LogP contribution in [0, 0.1) is 11.8 Å². The van der Waals surface area contributed by atoms with Crippen LogP contribution in [0.5, 0.6) is 0 Å². The van der Waals surface area contributed by atoms with Crippen molar-refractivity contribution in [1.82, 2.24) is 10.2 Å². The van der Waals surface area contributed by atoms with Gasteiger partial charge in [-0.2, -0.15) is 0 Å². The maximum atomic E-state index is 10.3. The summed E-state index contributed by atoms with van der Waals surface area (Å²) in [6.07, 6.45) is 2.52. The molecule has 0 saturated carbocycles. The summed E-state index contributed by atoms with van der Waals surface area (Å²) in [6.45, 7) is 10.4. The zero-order chi connectivity index (χ0) is 12.2. The Kier molecular flexibility index (Phi) is 5.22. The molecule has 2 N–H and O–H groups in total. The van der Waals surface area contributed by atoms with Gasteiger partial charge in [0, 0.05) is 6.54 Å². The summed E-state index contributed by atoms with van der Waals surface area (Å²) in [6, 6.07) is 0. The minimum atomic E-state index is -0.546. The fourth-order valence-electron chi connectivity index (χ4n) is 2.27. The van der Waals surface area contributed by atoms with Crippen LogP contribution in [0.2, 0.25) is 0 Å². The molecule has 16 heavy (non-hydrogen) atoms. The van der Waals surface area contributed by atoms with Crippen molar-refractivity contribution in [3.8, 4) is 0 Å². The molecule has 3 heteroatoms. The van der Waals surface area contributed by atoms with E-state index in [1.54, 1.807) is 0 Å². The maximum Gasteiger partial charge on any atom is 0.0768 e. The second-order valence-electron chi connectivity index (χ2n) is 5.79. The Labute approximate surface area is 100 Å². The smallest absolute Gasteiger partial charge is 0.0768 e. The molecule has 1 aliphatic rings. The summed E-state index contributed by atoms with van der Waals surface area (Å²) >= 11 is 0. The lowest BCUT2D eigenvalue weighted by atomic mass is 9.90. The topological polar surface area (TPSA) is 35.5 Å². The number of rotatable bonds is 5. The van der Waals surface area contributed by atoms with E-state index in [9.17, 15) is 5.11 Å². The molecular formula is C13H28N2O. The van der Waals surface area contributed by atoms with E-state index in [1.807, 2.05) is 14.0 Å². The van der Waals surface area contributed by atoms with Gasteiger partial charge in [-0.1, -0.05) is 13.8 Å². The van der Waals surface area contributed by atoms with Crippen molar-refractivity contribution >= 4 is 0 Å². The molecule has 1 unspecified atom stereocenters. The molecule has 0 bridgehead atoms. The summed E-state index contributed by atoms with van der Waals surface area (Å²) in [5.74, 6) is 1.15. The standard InChI is InChI=1S/C13H28N2O/c1-11(2)13(3,16)10-15-7-5-12(6-8-15)9-14-4/h11-12,14,16H,5-10H2,1-4H3. The van der Waals surface area contributed by atoms with E-state index in [1.165, 1.54) is 12.8 Å². The van der Waals surface area contributed by atoms with Crippen LogP contribution in [0.25, 0.3) is 0 Å². The molecule has 1 fully saturated rings. The van der Waals surface area contributed by atoms with Gasteiger partial charge in [0.25, 0.3) is 0 Å². The van der Waals surface area contributed by atoms with Gasteiger partial charge < -0.3 is 15.3 Å². The molecule has 0 amide bonds. The molecule has 0 aromatic heterocycles. The number of β-amino-alcohol motifs (C(OH)–C–C–N with tert-alkyl or cyclic N) is 1. The Balaban J connectivity index is 2.32. The summed E-state index contributed by atoms with van der Waals surface area (Å²) in [7, 11) is 2.02. The minimum absolute atomic E-state index is 0.322. The van der Waals surface area contributed by atoms with Crippen LogP contribution in [-0.2, 0) is 0 Å². The second kappa shape index (κ2) is 5.99. The summed E-state index contributed by atoms with van der Waals surface area (Å²) < 4.78 is 0. The number of nitrogens with zero attached hydrogens (tertiary/aromatic N) is 1. The summed E-state index contributed by atoms with van der Waals surface area (Å²) in [5, 5.41) is 13.5. The van der Waals surface area contributed by atoms with Crippen molar-refractivity contribution in [2.24, 2.45) is 11.8 Å². The molecule has 1 rings (SSSR count). The molecule has 0 aromatic carbocycles. The summed E-state index contributed by atoms with van der Waals surface area (Å²) in [4.78, 5) is 2.41. The zero-order valence-corrected chi connectivity index (χ0v) is 11.3. The molecule has 0 aromatic rings. The lowest BCUT2D eigenvalue weighted by molar-refractivity contribution is -0.0257. The van der Waals surface area contributed by atoms with Crippen molar-refractivity contribution in [2.75, 3.05) is 33.2 Å². The van der Waals surface area contributed by atoms with Crippen LogP contribution in [-0.4, -0.2) is 48.8 Å². The van der Waals surface area contributed by atoms with Crippen LogP contribution in [0.4, 0.5) is 0 Å². The Morgan fingerprint density at radius 3 is 2.38 bits per heavy atom. The van der Waals surface area contributed by atoms with Crippen LogP contribution < -0.4 is 5.32 Å². The predicted molar refractivity (Wildman–Crippen MR) is 68.6 cm³/mol. The molecule has 1 heterocycles. The number of piperidine rings is 1. The highest BCUT2D eigenvalue weighted by molar-refractivity contribution is 4.83. The molecule has 0 spiro atoms. The molecule has 1 aliphatic heterocycles. The molecular weight excluding hydrogens is 200 g/mol.